The summed E-state index contributed by atoms with van der Waals surface area (Å²) < 4.78 is 41.6. The molecule has 0 aliphatic heterocycles. The van der Waals surface area contributed by atoms with Crippen molar-refractivity contribution in [2.45, 2.75) is 26.4 Å². The summed E-state index contributed by atoms with van der Waals surface area (Å²) >= 11 is -1.41. The number of hydrogen-bond donors (Lipinski definition) is 0. The zero-order valence-corrected chi connectivity index (χ0v) is 15.9. The van der Waals surface area contributed by atoms with E-state index in [1.165, 1.54) is 19.2 Å². The molecule has 0 saturated carbocycles. The molecule has 0 aliphatic carbocycles. The Balaban J connectivity index is 2.17. The van der Waals surface area contributed by atoms with Gasteiger partial charge in [0.2, 0.25) is 0 Å². The van der Waals surface area contributed by atoms with Crippen LogP contribution in [0.15, 0.2) is 52.9 Å². The van der Waals surface area contributed by atoms with Gasteiger partial charge in [0.05, 0.1) is 31.7 Å². The predicted octanol–water partition coefficient (Wildman–Crippen LogP) is 4.30. The second-order valence-corrected chi connectivity index (χ2v) is 6.98. The zero-order valence-electron chi connectivity index (χ0n) is 15.1. The monoisotopic (exact) mass is 377 g/mol. The molecule has 6 heteroatoms. The summed E-state index contributed by atoms with van der Waals surface area (Å²) in [5.74, 6) is 0.515. The van der Waals surface area contributed by atoms with Gasteiger partial charge in [0.25, 0.3) is 0 Å². The number of unbranched alkanes of at least 4 members (excludes halogenated alkanes) is 1. The van der Waals surface area contributed by atoms with Crippen LogP contribution < -0.4 is 4.74 Å². The van der Waals surface area contributed by atoms with Crippen LogP contribution in [0.4, 0.5) is 4.39 Å². The van der Waals surface area contributed by atoms with Gasteiger partial charge in [-0.05, 0) is 30.2 Å². The van der Waals surface area contributed by atoms with E-state index >= 15 is 0 Å². The average molecular weight is 377 g/mol. The fourth-order valence-corrected chi connectivity index (χ4v) is 3.31. The molecule has 26 heavy (non-hydrogen) atoms. The molecule has 0 aliphatic rings. The lowest BCUT2D eigenvalue weighted by atomic mass is 10.1. The predicted molar refractivity (Wildman–Crippen MR) is 104 cm³/mol. The molecule has 4 nitrogen and oxygen atoms in total. The standard InChI is InChI=1S/C20H24FNO3S/c1-3-4-12-26(23)22-20(15-25-14-16-8-6-5-7-9-16)18-13-17(24-2)10-11-19(18)21/h5-11,13H,3-4,12,14-15H2,1-2H3/b22-20+/t26-/m1/s1. The first-order valence-corrected chi connectivity index (χ1v) is 9.83. The molecule has 0 fully saturated rings. The van der Waals surface area contributed by atoms with E-state index < -0.39 is 17.2 Å². The van der Waals surface area contributed by atoms with Crippen molar-refractivity contribution in [3.63, 3.8) is 0 Å². The van der Waals surface area contributed by atoms with E-state index in [1.807, 2.05) is 37.3 Å². The summed E-state index contributed by atoms with van der Waals surface area (Å²) in [7, 11) is 1.51. The van der Waals surface area contributed by atoms with Gasteiger partial charge in [-0.15, -0.1) is 0 Å². The number of methoxy groups -OCH3 is 1. The molecule has 0 heterocycles. The number of benzene rings is 2. The molecular weight excluding hydrogens is 353 g/mol. The minimum absolute atomic E-state index is 0.0663. The Labute approximate surface area is 157 Å². The molecule has 0 unspecified atom stereocenters. The second kappa shape index (κ2) is 11.0. The van der Waals surface area contributed by atoms with Crippen LogP contribution in [-0.2, 0) is 22.7 Å². The minimum Gasteiger partial charge on any atom is -0.591 e. The van der Waals surface area contributed by atoms with Crippen LogP contribution in [0.5, 0.6) is 5.75 Å². The number of hydrogen-bond acceptors (Lipinski definition) is 4. The van der Waals surface area contributed by atoms with E-state index in [-0.39, 0.29) is 12.2 Å². The van der Waals surface area contributed by atoms with E-state index in [4.69, 9.17) is 9.47 Å². The first-order chi connectivity index (χ1) is 12.6. The molecule has 2 aromatic rings. The highest BCUT2D eigenvalue weighted by Gasteiger charge is 2.16. The van der Waals surface area contributed by atoms with Crippen molar-refractivity contribution in [3.05, 3.63) is 65.5 Å². The lowest BCUT2D eigenvalue weighted by Gasteiger charge is -2.11. The van der Waals surface area contributed by atoms with Crippen molar-refractivity contribution in [1.82, 2.24) is 0 Å². The van der Waals surface area contributed by atoms with E-state index in [9.17, 15) is 8.94 Å². The Kier molecular flexibility index (Phi) is 8.61. The maximum Gasteiger partial charge on any atom is 0.133 e. The molecule has 0 saturated heterocycles. The highest BCUT2D eigenvalue weighted by Crippen LogP contribution is 2.19. The van der Waals surface area contributed by atoms with Crippen LogP contribution in [0.1, 0.15) is 30.9 Å². The summed E-state index contributed by atoms with van der Waals surface area (Å²) in [6, 6.07) is 14.1. The van der Waals surface area contributed by atoms with Gasteiger partial charge in [-0.25, -0.2) is 4.39 Å². The molecule has 0 bridgehead atoms. The Morgan fingerprint density at radius 2 is 1.96 bits per heavy atom. The third-order valence-corrected chi connectivity index (χ3v) is 4.78. The zero-order chi connectivity index (χ0) is 18.8. The third kappa shape index (κ3) is 6.44. The molecule has 2 aromatic carbocycles. The Hall–Kier alpha value is -1.89. The molecular formula is C20H24FNO3S. The van der Waals surface area contributed by atoms with Crippen molar-refractivity contribution < 1.29 is 18.4 Å². The van der Waals surface area contributed by atoms with Gasteiger partial charge in [0, 0.05) is 5.56 Å². The van der Waals surface area contributed by atoms with E-state index in [0.29, 0.717) is 23.8 Å². The largest absolute Gasteiger partial charge is 0.591 e. The van der Waals surface area contributed by atoms with Crippen molar-refractivity contribution in [2.75, 3.05) is 19.5 Å². The molecule has 0 amide bonds. The van der Waals surface area contributed by atoms with Crippen LogP contribution in [-0.4, -0.2) is 29.7 Å². The molecule has 0 aromatic heterocycles. The second-order valence-electron chi connectivity index (χ2n) is 5.74. The molecule has 140 valence electrons. The van der Waals surface area contributed by atoms with Gasteiger partial charge in [-0.3, -0.25) is 0 Å². The normalized spacial score (nSPS) is 12.8. The van der Waals surface area contributed by atoms with Crippen molar-refractivity contribution in [3.8, 4) is 5.75 Å². The van der Waals surface area contributed by atoms with Crippen LogP contribution in [0.25, 0.3) is 0 Å². The highest BCUT2D eigenvalue weighted by atomic mass is 32.2. The Bertz CT molecular complexity index is 709. The topological polar surface area (TPSA) is 53.9 Å². The highest BCUT2D eigenvalue weighted by molar-refractivity contribution is 7.90. The lowest BCUT2D eigenvalue weighted by Crippen LogP contribution is -2.16. The number of halogens is 1. The van der Waals surface area contributed by atoms with Gasteiger partial charge >= 0.3 is 0 Å². The maximum absolute atomic E-state index is 14.3. The van der Waals surface area contributed by atoms with E-state index in [2.05, 4.69) is 4.40 Å². The molecule has 0 spiro atoms. The summed E-state index contributed by atoms with van der Waals surface area (Å²) in [5.41, 5.74) is 1.58. The third-order valence-electron chi connectivity index (χ3n) is 3.72. The number of rotatable bonds is 10. The SMILES string of the molecule is CCCC[S@@+]([O-])/N=C(\COCc1ccccc1)c1cc(OC)ccc1F. The fraction of sp³-hybridized carbons (Fsp3) is 0.350. The van der Waals surface area contributed by atoms with Crippen LogP contribution in [0.3, 0.4) is 0 Å². The quantitative estimate of drug-likeness (QED) is 0.458. The summed E-state index contributed by atoms with van der Waals surface area (Å²) in [5, 5.41) is 0. The molecule has 1 atom stereocenters. The summed E-state index contributed by atoms with van der Waals surface area (Å²) in [6.07, 6.45) is 1.73. The first kappa shape index (κ1) is 20.4. The summed E-state index contributed by atoms with van der Waals surface area (Å²) in [6.45, 7) is 2.45. The van der Waals surface area contributed by atoms with Crippen molar-refractivity contribution >= 4 is 17.1 Å². The average Bonchev–Trinajstić information content (AvgIpc) is 2.67. The van der Waals surface area contributed by atoms with Gasteiger partial charge in [0.15, 0.2) is 0 Å². The Morgan fingerprint density at radius 3 is 2.65 bits per heavy atom. The smallest absolute Gasteiger partial charge is 0.133 e. The number of ether oxygens (including phenoxy) is 2. The van der Waals surface area contributed by atoms with E-state index in [0.717, 1.165) is 18.4 Å². The molecule has 0 radical (unpaired) electrons. The molecule has 2 rings (SSSR count). The van der Waals surface area contributed by atoms with Gasteiger partial charge in [-0.1, -0.05) is 48.1 Å². The van der Waals surface area contributed by atoms with Crippen LogP contribution in [0, 0.1) is 5.82 Å². The van der Waals surface area contributed by atoms with Gasteiger partial charge in [-0.2, -0.15) is 0 Å². The van der Waals surface area contributed by atoms with Crippen molar-refractivity contribution in [1.29, 1.82) is 0 Å². The van der Waals surface area contributed by atoms with Crippen LogP contribution >= 0.6 is 0 Å². The van der Waals surface area contributed by atoms with Crippen LogP contribution in [0.2, 0.25) is 0 Å². The van der Waals surface area contributed by atoms with Crippen molar-refractivity contribution in [2.24, 2.45) is 4.40 Å². The Morgan fingerprint density at radius 1 is 1.19 bits per heavy atom. The summed E-state index contributed by atoms with van der Waals surface area (Å²) in [4.78, 5) is 0. The maximum atomic E-state index is 14.3. The number of nitrogens with zero attached hydrogens (tertiary/aromatic N) is 1. The van der Waals surface area contributed by atoms with E-state index in [1.54, 1.807) is 6.07 Å². The van der Waals surface area contributed by atoms with Gasteiger partial charge < -0.3 is 14.0 Å². The van der Waals surface area contributed by atoms with Gasteiger partial charge in [0.1, 0.15) is 23.0 Å². The minimum atomic E-state index is -1.41. The fourth-order valence-electron chi connectivity index (χ4n) is 2.28. The lowest BCUT2D eigenvalue weighted by molar-refractivity contribution is 0.158. The molecule has 0 N–H and O–H groups in total. The first-order valence-electron chi connectivity index (χ1n) is 8.55.